The molecule has 0 saturated heterocycles. The van der Waals surface area contributed by atoms with Crippen molar-refractivity contribution in [1.29, 1.82) is 5.26 Å². The molecule has 0 radical (unpaired) electrons. The second-order valence-corrected chi connectivity index (χ2v) is 5.39. The zero-order chi connectivity index (χ0) is 16.2. The molecule has 0 atom stereocenters. The van der Waals surface area contributed by atoms with Gasteiger partial charge in [-0.2, -0.15) is 5.26 Å². The number of benzene rings is 2. The highest BCUT2D eigenvalue weighted by Crippen LogP contribution is 2.19. The van der Waals surface area contributed by atoms with E-state index in [4.69, 9.17) is 5.26 Å². The van der Waals surface area contributed by atoms with Crippen LogP contribution in [0.25, 0.3) is 0 Å². The summed E-state index contributed by atoms with van der Waals surface area (Å²) in [6.07, 6.45) is 0.749. The lowest BCUT2D eigenvalue weighted by Crippen LogP contribution is -2.42. The van der Waals surface area contributed by atoms with E-state index in [1.807, 2.05) is 30.3 Å². The minimum atomic E-state index is -0.681. The van der Waals surface area contributed by atoms with Gasteiger partial charge in [-0.05, 0) is 35.7 Å². The highest BCUT2D eigenvalue weighted by atomic mass is 16.2. The first-order valence-corrected chi connectivity index (χ1v) is 7.34. The topological polar surface area (TPSA) is 73.2 Å². The maximum atomic E-state index is 12.3. The number of carbonyl (C=O) groups excluding carboxylic acids is 2. The van der Waals surface area contributed by atoms with Crippen LogP contribution >= 0.6 is 0 Å². The summed E-state index contributed by atoms with van der Waals surface area (Å²) >= 11 is 0. The van der Waals surface area contributed by atoms with Crippen LogP contribution in [0.2, 0.25) is 0 Å². The zero-order valence-corrected chi connectivity index (χ0v) is 12.5. The van der Waals surface area contributed by atoms with Gasteiger partial charge in [0, 0.05) is 18.8 Å². The van der Waals surface area contributed by atoms with E-state index < -0.39 is 11.8 Å². The van der Waals surface area contributed by atoms with E-state index in [2.05, 4.69) is 5.32 Å². The highest BCUT2D eigenvalue weighted by Gasteiger charge is 2.25. The molecule has 1 N–H and O–H groups in total. The van der Waals surface area contributed by atoms with Gasteiger partial charge < -0.3 is 10.2 Å². The molecule has 0 aromatic heterocycles. The predicted molar refractivity (Wildman–Crippen MR) is 85.3 cm³/mol. The smallest absolute Gasteiger partial charge is 0.313 e. The van der Waals surface area contributed by atoms with Gasteiger partial charge in [0.25, 0.3) is 0 Å². The number of anilines is 1. The molecule has 0 saturated carbocycles. The van der Waals surface area contributed by atoms with Crippen LogP contribution in [0.4, 0.5) is 5.69 Å². The molecular formula is C18H15N3O2. The maximum Gasteiger partial charge on any atom is 0.313 e. The van der Waals surface area contributed by atoms with E-state index in [0.717, 1.165) is 12.0 Å². The Kier molecular flexibility index (Phi) is 4.07. The third kappa shape index (κ3) is 3.22. The van der Waals surface area contributed by atoms with Gasteiger partial charge in [-0.25, -0.2) is 0 Å². The number of hydrogen-bond donors (Lipinski definition) is 1. The average molecular weight is 305 g/mol. The van der Waals surface area contributed by atoms with Crippen LogP contribution < -0.4 is 5.32 Å². The lowest BCUT2D eigenvalue weighted by molar-refractivity contribution is -0.143. The van der Waals surface area contributed by atoms with Gasteiger partial charge in [-0.1, -0.05) is 30.3 Å². The number of carbonyl (C=O) groups is 2. The van der Waals surface area contributed by atoms with Crippen molar-refractivity contribution in [3.8, 4) is 6.07 Å². The summed E-state index contributed by atoms with van der Waals surface area (Å²) in [6.45, 7) is 0.974. The van der Waals surface area contributed by atoms with Crippen molar-refractivity contribution in [1.82, 2.24) is 4.90 Å². The van der Waals surface area contributed by atoms with Gasteiger partial charge in [0.15, 0.2) is 0 Å². The van der Waals surface area contributed by atoms with Crippen molar-refractivity contribution in [2.75, 3.05) is 11.9 Å². The van der Waals surface area contributed by atoms with E-state index in [1.165, 1.54) is 11.6 Å². The van der Waals surface area contributed by atoms with Crippen LogP contribution in [0.15, 0.2) is 48.5 Å². The lowest BCUT2D eigenvalue weighted by atomic mass is 10.00. The fourth-order valence-electron chi connectivity index (χ4n) is 2.66. The van der Waals surface area contributed by atoms with Crippen molar-refractivity contribution in [2.24, 2.45) is 0 Å². The molecule has 0 aliphatic carbocycles. The van der Waals surface area contributed by atoms with Crippen molar-refractivity contribution in [3.05, 3.63) is 65.2 Å². The van der Waals surface area contributed by atoms with E-state index in [1.54, 1.807) is 23.1 Å². The summed E-state index contributed by atoms with van der Waals surface area (Å²) in [5, 5.41) is 11.4. The predicted octanol–water partition coefficient (Wildman–Crippen LogP) is 2.08. The summed E-state index contributed by atoms with van der Waals surface area (Å²) in [5.41, 5.74) is 3.17. The van der Waals surface area contributed by atoms with E-state index in [9.17, 15) is 9.59 Å². The number of hydrogen-bond acceptors (Lipinski definition) is 3. The molecule has 0 bridgehead atoms. The molecule has 3 rings (SSSR count). The largest absolute Gasteiger partial charge is 0.330 e. The van der Waals surface area contributed by atoms with Gasteiger partial charge in [-0.15, -0.1) is 0 Å². The molecule has 0 fully saturated rings. The number of fused-ring (bicyclic) bond motifs is 1. The molecule has 2 amide bonds. The Morgan fingerprint density at radius 1 is 1.09 bits per heavy atom. The van der Waals surface area contributed by atoms with Crippen molar-refractivity contribution >= 4 is 17.5 Å². The molecule has 1 aliphatic heterocycles. The summed E-state index contributed by atoms with van der Waals surface area (Å²) in [6, 6.07) is 16.4. The first kappa shape index (κ1) is 14.8. The molecule has 5 heteroatoms. The third-order valence-corrected chi connectivity index (χ3v) is 3.86. The number of rotatable bonds is 1. The van der Waals surface area contributed by atoms with Crippen LogP contribution in [0.3, 0.4) is 0 Å². The van der Waals surface area contributed by atoms with Crippen LogP contribution in [-0.4, -0.2) is 23.3 Å². The maximum absolute atomic E-state index is 12.3. The van der Waals surface area contributed by atoms with Gasteiger partial charge >= 0.3 is 11.8 Å². The minimum Gasteiger partial charge on any atom is -0.330 e. The van der Waals surface area contributed by atoms with Crippen LogP contribution in [-0.2, 0) is 22.6 Å². The fourth-order valence-corrected chi connectivity index (χ4v) is 2.66. The standard InChI is InChI=1S/C18H15N3O2/c19-11-13-4-3-7-16(10-13)20-17(22)18(23)21-9-8-14-5-1-2-6-15(14)12-21/h1-7,10H,8-9,12H2,(H,20,22). The number of nitrogens with one attached hydrogen (secondary N) is 1. The third-order valence-electron chi connectivity index (χ3n) is 3.86. The SMILES string of the molecule is N#Cc1cccc(NC(=O)C(=O)N2CCc3ccccc3C2)c1. The quantitative estimate of drug-likeness (QED) is 0.820. The van der Waals surface area contributed by atoms with E-state index >= 15 is 0 Å². The second-order valence-electron chi connectivity index (χ2n) is 5.39. The molecular weight excluding hydrogens is 290 g/mol. The summed E-state index contributed by atoms with van der Waals surface area (Å²) in [4.78, 5) is 26.0. The van der Waals surface area contributed by atoms with E-state index in [-0.39, 0.29) is 0 Å². The lowest BCUT2D eigenvalue weighted by Gasteiger charge is -2.28. The van der Waals surface area contributed by atoms with Crippen molar-refractivity contribution in [2.45, 2.75) is 13.0 Å². The molecule has 0 unspecified atom stereocenters. The average Bonchev–Trinajstić information content (AvgIpc) is 2.60. The Hall–Kier alpha value is -3.13. The first-order chi connectivity index (χ1) is 11.2. The summed E-state index contributed by atoms with van der Waals surface area (Å²) in [7, 11) is 0. The second kappa shape index (κ2) is 6.32. The highest BCUT2D eigenvalue weighted by molar-refractivity contribution is 6.39. The van der Waals surface area contributed by atoms with Gasteiger partial charge in [0.05, 0.1) is 11.6 Å². The molecule has 114 valence electrons. The van der Waals surface area contributed by atoms with Gasteiger partial charge in [0.1, 0.15) is 0 Å². The number of amides is 2. The van der Waals surface area contributed by atoms with Crippen molar-refractivity contribution < 1.29 is 9.59 Å². The molecule has 0 spiro atoms. The van der Waals surface area contributed by atoms with Gasteiger partial charge in [-0.3, -0.25) is 9.59 Å². The molecule has 2 aromatic rings. The summed E-state index contributed by atoms with van der Waals surface area (Å²) < 4.78 is 0. The van der Waals surface area contributed by atoms with E-state index in [0.29, 0.717) is 24.3 Å². The Labute approximate surface area is 134 Å². The minimum absolute atomic E-state index is 0.433. The Bertz CT molecular complexity index is 808. The Balaban J connectivity index is 1.69. The van der Waals surface area contributed by atoms with Crippen LogP contribution in [0.1, 0.15) is 16.7 Å². The number of nitriles is 1. The summed E-state index contributed by atoms with van der Waals surface area (Å²) in [5.74, 6) is -1.23. The fraction of sp³-hybridized carbons (Fsp3) is 0.167. The molecule has 5 nitrogen and oxygen atoms in total. The normalized spacial score (nSPS) is 12.9. The molecule has 23 heavy (non-hydrogen) atoms. The zero-order valence-electron chi connectivity index (χ0n) is 12.5. The van der Waals surface area contributed by atoms with Crippen LogP contribution in [0.5, 0.6) is 0 Å². The monoisotopic (exact) mass is 305 g/mol. The number of nitrogens with zero attached hydrogens (tertiary/aromatic N) is 2. The molecule has 2 aromatic carbocycles. The van der Waals surface area contributed by atoms with Crippen LogP contribution in [0, 0.1) is 11.3 Å². The Morgan fingerprint density at radius 2 is 1.87 bits per heavy atom. The Morgan fingerprint density at radius 3 is 2.65 bits per heavy atom. The first-order valence-electron chi connectivity index (χ1n) is 7.34. The van der Waals surface area contributed by atoms with Gasteiger partial charge in [0.2, 0.25) is 0 Å². The molecule has 1 aliphatic rings. The van der Waals surface area contributed by atoms with Crippen molar-refractivity contribution in [3.63, 3.8) is 0 Å². The molecule has 1 heterocycles.